The summed E-state index contributed by atoms with van der Waals surface area (Å²) in [5, 5.41) is 10.5. The summed E-state index contributed by atoms with van der Waals surface area (Å²) in [6.07, 6.45) is 15.5. The minimum atomic E-state index is -0.111. The highest BCUT2D eigenvalue weighted by Gasteiger charge is 2.91. The van der Waals surface area contributed by atoms with Crippen molar-refractivity contribution in [3.05, 3.63) is 47.5 Å². The lowest BCUT2D eigenvalue weighted by atomic mass is 9.47. The first-order valence-electron chi connectivity index (χ1n) is 17.9. The molecule has 7 fully saturated rings. The summed E-state index contributed by atoms with van der Waals surface area (Å²) in [6.45, 7) is 9.98. The molecule has 12 atom stereocenters. The lowest BCUT2D eigenvalue weighted by Gasteiger charge is -2.60. The maximum Gasteiger partial charge on any atom is 0.0793 e. The number of aliphatic hydroxyl groups excluding tert-OH is 1. The molecule has 2 saturated heterocycles. The molecule has 3 unspecified atom stereocenters. The number of allylic oxidation sites excluding steroid dienone is 1. The first-order chi connectivity index (χ1) is 20.9. The Morgan fingerprint density at radius 1 is 1.00 bits per heavy atom. The Morgan fingerprint density at radius 3 is 2.74 bits per heavy atom. The zero-order valence-electron chi connectivity index (χ0n) is 26.5. The molecule has 0 amide bonds. The van der Waals surface area contributed by atoms with Crippen molar-refractivity contribution >= 4 is 0 Å². The van der Waals surface area contributed by atoms with Crippen LogP contribution in [0.15, 0.2) is 42.0 Å². The molecule has 0 bridgehead atoms. The van der Waals surface area contributed by atoms with E-state index in [1.807, 2.05) is 6.07 Å². The van der Waals surface area contributed by atoms with Gasteiger partial charge in [-0.25, -0.2) is 0 Å². The highest BCUT2D eigenvalue weighted by Crippen LogP contribution is 2.93. The molecular weight excluding hydrogens is 534 g/mol. The molecule has 8 aliphatic rings. The van der Waals surface area contributed by atoms with E-state index < -0.39 is 0 Å². The summed E-state index contributed by atoms with van der Waals surface area (Å²) in [6, 6.07) is 11.0. The van der Waals surface area contributed by atoms with E-state index in [4.69, 9.17) is 14.2 Å². The molecule has 3 spiro atoms. The van der Waals surface area contributed by atoms with Crippen LogP contribution in [0, 0.1) is 45.8 Å². The van der Waals surface area contributed by atoms with Crippen LogP contribution in [0.5, 0.6) is 0 Å². The number of hydrogen-bond acceptors (Lipinski definition) is 5. The average Bonchev–Trinajstić information content (AvgIpc) is 3.48. The zero-order valence-corrected chi connectivity index (χ0v) is 26.5. The van der Waals surface area contributed by atoms with Gasteiger partial charge in [-0.15, -0.1) is 0 Å². The molecule has 5 heteroatoms. The van der Waals surface area contributed by atoms with Gasteiger partial charge in [0.1, 0.15) is 0 Å². The van der Waals surface area contributed by atoms with Crippen molar-refractivity contribution in [2.75, 3.05) is 32.9 Å². The van der Waals surface area contributed by atoms with Crippen molar-refractivity contribution in [2.24, 2.45) is 45.8 Å². The van der Waals surface area contributed by atoms with E-state index in [9.17, 15) is 5.11 Å². The number of piperidine rings is 1. The van der Waals surface area contributed by atoms with Gasteiger partial charge >= 0.3 is 0 Å². The van der Waals surface area contributed by atoms with E-state index in [0.717, 1.165) is 49.7 Å². The fourth-order valence-corrected chi connectivity index (χ4v) is 13.3. The van der Waals surface area contributed by atoms with Gasteiger partial charge in [0, 0.05) is 30.5 Å². The molecule has 2 heterocycles. The molecule has 234 valence electrons. The number of likely N-dealkylation sites (tertiary alicyclic amines) is 1. The maximum absolute atomic E-state index is 10.5. The number of aliphatic hydroxyl groups is 1. The standard InChI is InChI=1S/C38H53NO4/c1-25-18-33-34(39(22-25)14-15-41-16-17-42-23-26-6-4-3-5-7-26)32-21-37-24-36(37)20-31-29(30(36)11-13-38(32,37)43-33)9-8-27-19-28(40)10-12-35(27,31)2/h3-8,25,28-34,40H,9-24H2,1-2H3/t25-,28-,29?,30-,31-,32+,33+,34-,35-,36?,37?,38+/m0/s1. The second kappa shape index (κ2) is 9.88. The molecule has 1 aromatic carbocycles. The summed E-state index contributed by atoms with van der Waals surface area (Å²) in [5.74, 6) is 4.01. The Bertz CT molecular complexity index is 1270. The SMILES string of the molecule is C[C@H]1C[C@H]2O[C@@]34CC[C@H]5C6CC=C7C[C@@H](O)CC[C@]7(C)[C@H]6CC56CC63C[C@@H]4[C@@H]2N(CCOCCOCc2ccccc2)C1. The molecule has 0 aromatic heterocycles. The molecule has 1 N–H and O–H groups in total. The van der Waals surface area contributed by atoms with Gasteiger partial charge in [-0.1, -0.05) is 55.8 Å². The van der Waals surface area contributed by atoms with Crippen LogP contribution in [-0.4, -0.2) is 66.8 Å². The van der Waals surface area contributed by atoms with Crippen LogP contribution in [0.25, 0.3) is 0 Å². The third-order valence-corrected chi connectivity index (χ3v) is 15.0. The summed E-state index contributed by atoms with van der Waals surface area (Å²) in [5.41, 5.74) is 4.33. The molecule has 5 nitrogen and oxygen atoms in total. The van der Waals surface area contributed by atoms with Crippen LogP contribution in [0.4, 0.5) is 0 Å². The smallest absolute Gasteiger partial charge is 0.0793 e. The molecule has 1 aromatic rings. The highest BCUT2D eigenvalue weighted by atomic mass is 16.5. The normalized spacial score (nSPS) is 50.6. The van der Waals surface area contributed by atoms with Crippen molar-refractivity contribution in [2.45, 2.75) is 109 Å². The predicted molar refractivity (Wildman–Crippen MR) is 166 cm³/mol. The van der Waals surface area contributed by atoms with E-state index in [1.54, 1.807) is 5.57 Å². The van der Waals surface area contributed by atoms with Crippen LogP contribution < -0.4 is 0 Å². The van der Waals surface area contributed by atoms with E-state index in [1.165, 1.54) is 63.5 Å². The van der Waals surface area contributed by atoms with Crippen LogP contribution in [0.2, 0.25) is 0 Å². The topological polar surface area (TPSA) is 51.2 Å². The Kier molecular flexibility index (Phi) is 6.44. The van der Waals surface area contributed by atoms with Crippen LogP contribution in [0.3, 0.4) is 0 Å². The van der Waals surface area contributed by atoms with Crippen molar-refractivity contribution in [3.8, 4) is 0 Å². The number of ether oxygens (including phenoxy) is 3. The first-order valence-corrected chi connectivity index (χ1v) is 17.9. The van der Waals surface area contributed by atoms with Gasteiger partial charge < -0.3 is 19.3 Å². The largest absolute Gasteiger partial charge is 0.393 e. The molecule has 9 rings (SSSR count). The zero-order chi connectivity index (χ0) is 29.0. The number of fused-ring (bicyclic) bond motifs is 6. The monoisotopic (exact) mass is 587 g/mol. The van der Waals surface area contributed by atoms with E-state index in [0.29, 0.717) is 54.1 Å². The minimum absolute atomic E-state index is 0.111. The number of rotatable bonds is 8. The summed E-state index contributed by atoms with van der Waals surface area (Å²) >= 11 is 0. The maximum atomic E-state index is 10.5. The van der Waals surface area contributed by atoms with Crippen LogP contribution in [-0.2, 0) is 20.8 Å². The molecule has 43 heavy (non-hydrogen) atoms. The summed E-state index contributed by atoms with van der Waals surface area (Å²) < 4.78 is 19.4. The van der Waals surface area contributed by atoms with Gasteiger partial charge in [0.15, 0.2) is 0 Å². The predicted octanol–water partition coefficient (Wildman–Crippen LogP) is 6.39. The van der Waals surface area contributed by atoms with Crippen LogP contribution in [0.1, 0.15) is 83.6 Å². The minimum Gasteiger partial charge on any atom is -0.393 e. The van der Waals surface area contributed by atoms with E-state index >= 15 is 0 Å². The van der Waals surface area contributed by atoms with Gasteiger partial charge in [-0.2, -0.15) is 0 Å². The summed E-state index contributed by atoms with van der Waals surface area (Å²) in [4.78, 5) is 2.79. The Morgan fingerprint density at radius 2 is 1.86 bits per heavy atom. The lowest BCUT2D eigenvalue weighted by molar-refractivity contribution is -0.211. The third kappa shape index (κ3) is 3.81. The average molecular weight is 588 g/mol. The van der Waals surface area contributed by atoms with Crippen molar-refractivity contribution < 1.29 is 19.3 Å². The second-order valence-corrected chi connectivity index (χ2v) is 16.6. The van der Waals surface area contributed by atoms with E-state index in [2.05, 4.69) is 49.1 Å². The Labute approximate surface area is 258 Å². The molecule has 0 radical (unpaired) electrons. The Balaban J connectivity index is 0.857. The van der Waals surface area contributed by atoms with Crippen molar-refractivity contribution in [1.29, 1.82) is 0 Å². The van der Waals surface area contributed by atoms with Gasteiger partial charge in [0.25, 0.3) is 0 Å². The van der Waals surface area contributed by atoms with Gasteiger partial charge in [-0.05, 0) is 104 Å². The van der Waals surface area contributed by atoms with Gasteiger partial charge in [0.2, 0.25) is 0 Å². The molecule has 2 aliphatic heterocycles. The van der Waals surface area contributed by atoms with Crippen molar-refractivity contribution in [3.63, 3.8) is 0 Å². The first kappa shape index (κ1) is 28.0. The second-order valence-electron chi connectivity index (χ2n) is 16.6. The fourth-order valence-electron chi connectivity index (χ4n) is 13.3. The van der Waals surface area contributed by atoms with Gasteiger partial charge in [-0.3, -0.25) is 4.90 Å². The number of nitrogens with zero attached hydrogens (tertiary/aromatic N) is 1. The quantitative estimate of drug-likeness (QED) is 0.282. The molecule has 5 saturated carbocycles. The highest BCUT2D eigenvalue weighted by molar-refractivity contribution is 5.42. The fraction of sp³-hybridized carbons (Fsp3) is 0.789. The summed E-state index contributed by atoms with van der Waals surface area (Å²) in [7, 11) is 0. The number of hydrogen-bond donors (Lipinski definition) is 1. The third-order valence-electron chi connectivity index (χ3n) is 15.0. The van der Waals surface area contributed by atoms with Gasteiger partial charge in [0.05, 0.1) is 44.2 Å². The number of benzene rings is 1. The lowest BCUT2D eigenvalue weighted by Crippen LogP contribution is -2.64. The van der Waals surface area contributed by atoms with Crippen molar-refractivity contribution in [1.82, 2.24) is 4.90 Å². The Hall–Kier alpha value is -1.24. The molecule has 6 aliphatic carbocycles. The molecular formula is C38H53NO4. The van der Waals surface area contributed by atoms with E-state index in [-0.39, 0.29) is 11.7 Å². The van der Waals surface area contributed by atoms with Crippen LogP contribution >= 0.6 is 0 Å².